The number of ether oxygens (including phenoxy) is 2. The van der Waals surface area contributed by atoms with Crippen LogP contribution in [0.5, 0.6) is 11.5 Å². The number of benzene rings is 1. The van der Waals surface area contributed by atoms with Gasteiger partial charge in [-0.15, -0.1) is 30.4 Å². The third-order valence-electron chi connectivity index (χ3n) is 2.59. The lowest BCUT2D eigenvalue weighted by Gasteiger charge is -2.09. The van der Waals surface area contributed by atoms with Crippen LogP contribution in [0.1, 0.15) is 12.5 Å². The second-order valence-electron chi connectivity index (χ2n) is 3.90. The number of nitrogens with zero attached hydrogens (tertiary/aromatic N) is 1. The first kappa shape index (κ1) is 16.4. The van der Waals surface area contributed by atoms with E-state index in [-0.39, 0.29) is 30.8 Å². The van der Waals surface area contributed by atoms with E-state index in [0.29, 0.717) is 19.0 Å². The fourth-order valence-corrected chi connectivity index (χ4v) is 1.76. The largest absolute Gasteiger partial charge is 0.454 e. The van der Waals surface area contributed by atoms with Crippen LogP contribution in [0.2, 0.25) is 0 Å². The molecule has 2 rings (SSSR count). The third-order valence-corrected chi connectivity index (χ3v) is 2.59. The molecule has 2 N–H and O–H groups in total. The quantitative estimate of drug-likeness (QED) is 0.358. The van der Waals surface area contributed by atoms with Crippen molar-refractivity contribution in [2.24, 2.45) is 4.99 Å². The van der Waals surface area contributed by atoms with Crippen LogP contribution < -0.4 is 20.1 Å². The van der Waals surface area contributed by atoms with Crippen molar-refractivity contribution < 1.29 is 9.47 Å². The first-order chi connectivity index (χ1) is 9.35. The Balaban J connectivity index is 0.00000200. The van der Waals surface area contributed by atoms with E-state index in [1.165, 1.54) is 0 Å². The molecule has 0 bridgehead atoms. The second kappa shape index (κ2) is 8.53. The monoisotopic (exact) mass is 387 g/mol. The second-order valence-corrected chi connectivity index (χ2v) is 3.90. The summed E-state index contributed by atoms with van der Waals surface area (Å²) in [6.07, 6.45) is 5.22. The Labute approximate surface area is 136 Å². The summed E-state index contributed by atoms with van der Waals surface area (Å²) in [4.78, 5) is 4.46. The van der Waals surface area contributed by atoms with E-state index in [9.17, 15) is 0 Å². The topological polar surface area (TPSA) is 54.9 Å². The van der Waals surface area contributed by atoms with Crippen molar-refractivity contribution in [3.05, 3.63) is 23.8 Å². The Morgan fingerprint density at radius 1 is 1.40 bits per heavy atom. The van der Waals surface area contributed by atoms with E-state index in [1.807, 2.05) is 25.1 Å². The minimum absolute atomic E-state index is 0. The van der Waals surface area contributed by atoms with E-state index in [0.717, 1.165) is 23.6 Å². The number of fused-ring (bicyclic) bond motifs is 1. The van der Waals surface area contributed by atoms with Crippen molar-refractivity contribution >= 4 is 29.9 Å². The Kier molecular flexibility index (Phi) is 7.01. The molecule has 0 radical (unpaired) electrons. The van der Waals surface area contributed by atoms with Crippen LogP contribution in [0.15, 0.2) is 23.2 Å². The minimum atomic E-state index is 0. The highest BCUT2D eigenvalue weighted by atomic mass is 127. The van der Waals surface area contributed by atoms with E-state index in [2.05, 4.69) is 21.5 Å². The Morgan fingerprint density at radius 2 is 2.25 bits per heavy atom. The number of guanidine groups is 1. The Hall–Kier alpha value is -1.62. The van der Waals surface area contributed by atoms with Crippen LogP contribution in [0.25, 0.3) is 0 Å². The molecule has 5 nitrogen and oxygen atoms in total. The number of rotatable bonds is 4. The van der Waals surface area contributed by atoms with Crippen LogP contribution >= 0.6 is 24.0 Å². The summed E-state index contributed by atoms with van der Waals surface area (Å²) in [7, 11) is 0. The zero-order valence-electron chi connectivity index (χ0n) is 11.3. The fraction of sp³-hybridized carbons (Fsp3) is 0.357. The predicted molar refractivity (Wildman–Crippen MR) is 89.6 cm³/mol. The Bertz CT molecular complexity index is 512. The van der Waals surface area contributed by atoms with E-state index in [1.54, 1.807) is 0 Å². The van der Waals surface area contributed by atoms with Gasteiger partial charge in [-0.2, -0.15) is 0 Å². The van der Waals surface area contributed by atoms with Crippen molar-refractivity contribution in [2.45, 2.75) is 13.5 Å². The first-order valence-corrected chi connectivity index (χ1v) is 6.18. The molecule has 1 aliphatic heterocycles. The lowest BCUT2D eigenvalue weighted by atomic mass is 10.2. The molecule has 0 aliphatic carbocycles. The molecule has 20 heavy (non-hydrogen) atoms. The van der Waals surface area contributed by atoms with Gasteiger partial charge in [-0.3, -0.25) is 0 Å². The van der Waals surface area contributed by atoms with E-state index >= 15 is 0 Å². The number of hydrogen-bond acceptors (Lipinski definition) is 3. The molecule has 0 saturated carbocycles. The van der Waals surface area contributed by atoms with Crippen molar-refractivity contribution in [3.63, 3.8) is 0 Å². The number of hydrogen-bond donors (Lipinski definition) is 2. The maximum absolute atomic E-state index is 5.44. The normalized spacial score (nSPS) is 12.3. The summed E-state index contributed by atoms with van der Waals surface area (Å²) >= 11 is 0. The van der Waals surface area contributed by atoms with Crippen LogP contribution in [-0.4, -0.2) is 25.8 Å². The molecular weight excluding hydrogens is 369 g/mol. The van der Waals surface area contributed by atoms with Crippen LogP contribution in [0.4, 0.5) is 0 Å². The number of nitrogens with one attached hydrogen (secondary N) is 2. The van der Waals surface area contributed by atoms with Gasteiger partial charge in [0.1, 0.15) is 0 Å². The van der Waals surface area contributed by atoms with Gasteiger partial charge in [0.15, 0.2) is 17.5 Å². The van der Waals surface area contributed by atoms with Gasteiger partial charge in [0, 0.05) is 12.1 Å². The standard InChI is InChI=1S/C14H17N3O2.HI/c1-3-8-16-14(15-4-2)17-9-11-6-5-7-12-13(11)19-10-18-12;/h1,5-7H,4,8-10H2,2H3,(H2,15,16,17);1H. The van der Waals surface area contributed by atoms with Crippen molar-refractivity contribution in [3.8, 4) is 23.8 Å². The van der Waals surface area contributed by atoms with Gasteiger partial charge >= 0.3 is 0 Å². The number of halogens is 1. The molecule has 1 aliphatic rings. The van der Waals surface area contributed by atoms with Crippen LogP contribution in [-0.2, 0) is 6.54 Å². The lowest BCUT2D eigenvalue weighted by Crippen LogP contribution is -2.37. The molecule has 1 heterocycles. The van der Waals surface area contributed by atoms with Crippen LogP contribution in [0.3, 0.4) is 0 Å². The molecule has 0 spiro atoms. The number of terminal acetylenes is 1. The van der Waals surface area contributed by atoms with E-state index < -0.39 is 0 Å². The van der Waals surface area contributed by atoms with Gasteiger partial charge in [-0.05, 0) is 13.0 Å². The highest BCUT2D eigenvalue weighted by Gasteiger charge is 2.16. The molecule has 0 fully saturated rings. The minimum Gasteiger partial charge on any atom is -0.454 e. The van der Waals surface area contributed by atoms with Gasteiger partial charge in [-0.25, -0.2) is 4.99 Å². The molecule has 108 valence electrons. The average Bonchev–Trinajstić information content (AvgIpc) is 2.90. The number of para-hydroxylation sites is 1. The summed E-state index contributed by atoms with van der Waals surface area (Å²) in [5.74, 6) is 4.76. The van der Waals surface area contributed by atoms with Crippen molar-refractivity contribution in [1.82, 2.24) is 10.6 Å². The summed E-state index contributed by atoms with van der Waals surface area (Å²) in [5.41, 5.74) is 0.993. The zero-order valence-corrected chi connectivity index (χ0v) is 13.6. The highest BCUT2D eigenvalue weighted by molar-refractivity contribution is 14.0. The van der Waals surface area contributed by atoms with Crippen molar-refractivity contribution in [1.29, 1.82) is 0 Å². The maximum Gasteiger partial charge on any atom is 0.231 e. The number of aliphatic imine (C=N–C) groups is 1. The van der Waals surface area contributed by atoms with Crippen molar-refractivity contribution in [2.75, 3.05) is 19.9 Å². The zero-order chi connectivity index (χ0) is 13.5. The van der Waals surface area contributed by atoms with Crippen LogP contribution in [0, 0.1) is 12.3 Å². The van der Waals surface area contributed by atoms with Gasteiger partial charge in [-0.1, -0.05) is 18.1 Å². The van der Waals surface area contributed by atoms with Gasteiger partial charge in [0.05, 0.1) is 13.1 Å². The summed E-state index contributed by atoms with van der Waals surface area (Å²) in [6, 6.07) is 5.79. The Morgan fingerprint density at radius 3 is 3.00 bits per heavy atom. The first-order valence-electron chi connectivity index (χ1n) is 6.18. The molecule has 0 saturated heterocycles. The molecule has 6 heteroatoms. The predicted octanol–water partition coefficient (Wildman–Crippen LogP) is 1.72. The SMILES string of the molecule is C#CCNC(=NCc1cccc2c1OCO2)NCC.I. The van der Waals surface area contributed by atoms with E-state index in [4.69, 9.17) is 15.9 Å². The molecule has 1 aromatic rings. The van der Waals surface area contributed by atoms with Gasteiger partial charge in [0.2, 0.25) is 6.79 Å². The van der Waals surface area contributed by atoms with Gasteiger partial charge < -0.3 is 20.1 Å². The highest BCUT2D eigenvalue weighted by Crippen LogP contribution is 2.35. The third kappa shape index (κ3) is 4.20. The molecule has 1 aromatic carbocycles. The summed E-state index contributed by atoms with van der Waals surface area (Å²) in [5, 5.41) is 6.17. The summed E-state index contributed by atoms with van der Waals surface area (Å²) in [6.45, 7) is 4.00. The van der Waals surface area contributed by atoms with Gasteiger partial charge in [0.25, 0.3) is 0 Å². The molecule has 0 aromatic heterocycles. The average molecular weight is 387 g/mol. The lowest BCUT2D eigenvalue weighted by molar-refractivity contribution is 0.173. The molecular formula is C14H18IN3O2. The molecule has 0 atom stereocenters. The molecule has 0 amide bonds. The smallest absolute Gasteiger partial charge is 0.231 e. The summed E-state index contributed by atoms with van der Waals surface area (Å²) < 4.78 is 10.8. The maximum atomic E-state index is 5.44. The molecule has 0 unspecified atom stereocenters. The fourth-order valence-electron chi connectivity index (χ4n) is 1.76.